The summed E-state index contributed by atoms with van der Waals surface area (Å²) in [5.41, 5.74) is -0.165. The first-order valence-corrected chi connectivity index (χ1v) is 7.17. The molecule has 0 radical (unpaired) electrons. The van der Waals surface area contributed by atoms with E-state index in [2.05, 4.69) is 0 Å². The van der Waals surface area contributed by atoms with Crippen molar-refractivity contribution in [2.45, 2.75) is 45.1 Å². The fraction of sp³-hybridized carbons (Fsp3) is 0.562. The summed E-state index contributed by atoms with van der Waals surface area (Å²) >= 11 is 0. The van der Waals surface area contributed by atoms with Crippen LogP contribution >= 0.6 is 0 Å². The number of rotatable bonds is 4. The van der Waals surface area contributed by atoms with Gasteiger partial charge < -0.3 is 9.47 Å². The third-order valence-electron chi connectivity index (χ3n) is 4.43. The Morgan fingerprint density at radius 2 is 2.00 bits per heavy atom. The molecule has 3 heteroatoms. The standard InChI is InChI=1S/C16H20O3/c1-2-18-12-6-5-7-13(10-12)19-15-11-14(17)16(15)8-3-4-9-16/h5-7,10,15H,2-4,8-9,11H2,1H3. The zero-order chi connectivity index (χ0) is 13.3. The van der Waals surface area contributed by atoms with Gasteiger partial charge in [-0.15, -0.1) is 0 Å². The summed E-state index contributed by atoms with van der Waals surface area (Å²) in [5, 5.41) is 0. The summed E-state index contributed by atoms with van der Waals surface area (Å²) < 4.78 is 11.5. The van der Waals surface area contributed by atoms with E-state index in [0.29, 0.717) is 18.8 Å². The molecule has 2 fully saturated rings. The predicted octanol–water partition coefficient (Wildman–Crippen LogP) is 3.37. The Bertz CT molecular complexity index is 475. The van der Waals surface area contributed by atoms with Crippen LogP contribution < -0.4 is 9.47 Å². The van der Waals surface area contributed by atoms with E-state index in [1.807, 2.05) is 31.2 Å². The molecule has 2 aliphatic carbocycles. The van der Waals surface area contributed by atoms with Crippen LogP contribution in [0.5, 0.6) is 11.5 Å². The molecule has 19 heavy (non-hydrogen) atoms. The summed E-state index contributed by atoms with van der Waals surface area (Å²) in [6.45, 7) is 2.61. The minimum Gasteiger partial charge on any atom is -0.494 e. The van der Waals surface area contributed by atoms with E-state index in [4.69, 9.17) is 9.47 Å². The fourth-order valence-electron chi connectivity index (χ4n) is 3.34. The van der Waals surface area contributed by atoms with E-state index >= 15 is 0 Å². The average molecular weight is 260 g/mol. The van der Waals surface area contributed by atoms with Gasteiger partial charge in [-0.3, -0.25) is 4.79 Å². The van der Waals surface area contributed by atoms with Crippen LogP contribution in [0.3, 0.4) is 0 Å². The number of carbonyl (C=O) groups excluding carboxylic acids is 1. The van der Waals surface area contributed by atoms with Crippen LogP contribution in [0.2, 0.25) is 0 Å². The van der Waals surface area contributed by atoms with Gasteiger partial charge in [0.1, 0.15) is 23.4 Å². The SMILES string of the molecule is CCOc1cccc(OC2CC(=O)C23CCCC3)c1. The lowest BCUT2D eigenvalue weighted by Crippen LogP contribution is -2.55. The van der Waals surface area contributed by atoms with Gasteiger partial charge in [-0.2, -0.15) is 0 Å². The Kier molecular flexibility index (Phi) is 3.21. The Morgan fingerprint density at radius 1 is 1.26 bits per heavy atom. The highest BCUT2D eigenvalue weighted by atomic mass is 16.5. The van der Waals surface area contributed by atoms with Gasteiger partial charge in [0.25, 0.3) is 0 Å². The number of carbonyl (C=O) groups is 1. The highest BCUT2D eigenvalue weighted by molar-refractivity contribution is 5.92. The van der Waals surface area contributed by atoms with Gasteiger partial charge in [0.2, 0.25) is 0 Å². The van der Waals surface area contributed by atoms with Gasteiger partial charge in [0.05, 0.1) is 12.0 Å². The lowest BCUT2D eigenvalue weighted by Gasteiger charge is -2.44. The number of hydrogen-bond donors (Lipinski definition) is 0. The predicted molar refractivity (Wildman–Crippen MR) is 72.6 cm³/mol. The monoisotopic (exact) mass is 260 g/mol. The molecule has 0 bridgehead atoms. The fourth-order valence-corrected chi connectivity index (χ4v) is 3.34. The minimum absolute atomic E-state index is 0.0689. The van der Waals surface area contributed by atoms with E-state index in [0.717, 1.165) is 37.2 Å². The number of hydrogen-bond acceptors (Lipinski definition) is 3. The van der Waals surface area contributed by atoms with Crippen LogP contribution in [0, 0.1) is 5.41 Å². The summed E-state index contributed by atoms with van der Waals surface area (Å²) in [4.78, 5) is 11.9. The molecule has 0 aliphatic heterocycles. The molecular formula is C16H20O3. The van der Waals surface area contributed by atoms with Crippen molar-refractivity contribution in [3.8, 4) is 11.5 Å². The number of ketones is 1. The molecule has 3 rings (SSSR count). The van der Waals surface area contributed by atoms with E-state index in [1.165, 1.54) is 0 Å². The van der Waals surface area contributed by atoms with E-state index < -0.39 is 0 Å². The van der Waals surface area contributed by atoms with E-state index in [9.17, 15) is 4.79 Å². The molecule has 3 nitrogen and oxygen atoms in total. The van der Waals surface area contributed by atoms with Gasteiger partial charge in [0, 0.05) is 12.5 Å². The number of benzene rings is 1. The van der Waals surface area contributed by atoms with Gasteiger partial charge >= 0.3 is 0 Å². The summed E-state index contributed by atoms with van der Waals surface area (Å²) in [6.07, 6.45) is 4.96. The van der Waals surface area contributed by atoms with Crippen molar-refractivity contribution in [1.82, 2.24) is 0 Å². The molecule has 0 amide bonds. The van der Waals surface area contributed by atoms with Gasteiger partial charge in [-0.25, -0.2) is 0 Å². The lowest BCUT2D eigenvalue weighted by molar-refractivity contribution is -0.151. The number of Topliss-reactive ketones (excluding diaryl/α,β-unsaturated/α-hetero) is 1. The lowest BCUT2D eigenvalue weighted by atomic mass is 9.63. The maximum Gasteiger partial charge on any atom is 0.146 e. The molecule has 0 heterocycles. The average Bonchev–Trinajstić information content (AvgIpc) is 2.92. The molecule has 0 N–H and O–H groups in total. The van der Waals surface area contributed by atoms with Gasteiger partial charge in [-0.05, 0) is 31.9 Å². The van der Waals surface area contributed by atoms with Crippen LogP contribution in [0.25, 0.3) is 0 Å². The topological polar surface area (TPSA) is 35.5 Å². The maximum absolute atomic E-state index is 11.9. The molecule has 1 aromatic carbocycles. The summed E-state index contributed by atoms with van der Waals surface area (Å²) in [7, 11) is 0. The molecule has 1 unspecified atom stereocenters. The first-order valence-electron chi connectivity index (χ1n) is 7.17. The quantitative estimate of drug-likeness (QED) is 0.832. The normalized spacial score (nSPS) is 24.3. The zero-order valence-electron chi connectivity index (χ0n) is 11.4. The molecular weight excluding hydrogens is 240 g/mol. The molecule has 1 spiro atoms. The van der Waals surface area contributed by atoms with Gasteiger partial charge in [0.15, 0.2) is 0 Å². The molecule has 1 aromatic rings. The van der Waals surface area contributed by atoms with Crippen LogP contribution in [0.4, 0.5) is 0 Å². The Balaban J connectivity index is 1.71. The van der Waals surface area contributed by atoms with Crippen molar-refractivity contribution in [1.29, 1.82) is 0 Å². The van der Waals surface area contributed by atoms with Crippen molar-refractivity contribution in [2.75, 3.05) is 6.61 Å². The van der Waals surface area contributed by atoms with Crippen molar-refractivity contribution in [3.05, 3.63) is 24.3 Å². The largest absolute Gasteiger partial charge is 0.494 e. The zero-order valence-corrected chi connectivity index (χ0v) is 11.4. The molecule has 102 valence electrons. The van der Waals surface area contributed by atoms with Gasteiger partial charge in [-0.1, -0.05) is 18.9 Å². The molecule has 2 saturated carbocycles. The third-order valence-corrected chi connectivity index (χ3v) is 4.43. The smallest absolute Gasteiger partial charge is 0.146 e. The Labute approximate surface area is 113 Å². The molecule has 0 aromatic heterocycles. The van der Waals surface area contributed by atoms with Crippen LogP contribution in [0.15, 0.2) is 24.3 Å². The second kappa shape index (κ2) is 4.87. The first kappa shape index (κ1) is 12.5. The number of ether oxygens (including phenoxy) is 2. The summed E-state index contributed by atoms with van der Waals surface area (Å²) in [5.74, 6) is 2.04. The Hall–Kier alpha value is -1.51. The Morgan fingerprint density at radius 3 is 2.68 bits per heavy atom. The van der Waals surface area contributed by atoms with Crippen molar-refractivity contribution in [2.24, 2.45) is 5.41 Å². The molecule has 2 aliphatic rings. The maximum atomic E-state index is 11.9. The van der Waals surface area contributed by atoms with Crippen molar-refractivity contribution in [3.63, 3.8) is 0 Å². The highest BCUT2D eigenvalue weighted by Crippen LogP contribution is 2.52. The van der Waals surface area contributed by atoms with Crippen molar-refractivity contribution >= 4 is 5.78 Å². The van der Waals surface area contributed by atoms with E-state index in [-0.39, 0.29) is 11.5 Å². The van der Waals surface area contributed by atoms with Crippen molar-refractivity contribution < 1.29 is 14.3 Å². The molecule has 1 atom stereocenters. The summed E-state index contributed by atoms with van der Waals surface area (Å²) in [6, 6.07) is 7.71. The van der Waals surface area contributed by atoms with Crippen LogP contribution in [-0.2, 0) is 4.79 Å². The third kappa shape index (κ3) is 2.11. The molecule has 0 saturated heterocycles. The second-order valence-corrected chi connectivity index (χ2v) is 5.50. The highest BCUT2D eigenvalue weighted by Gasteiger charge is 2.57. The second-order valence-electron chi connectivity index (χ2n) is 5.50. The van der Waals surface area contributed by atoms with Crippen LogP contribution in [0.1, 0.15) is 39.0 Å². The van der Waals surface area contributed by atoms with Crippen LogP contribution in [-0.4, -0.2) is 18.5 Å². The minimum atomic E-state index is -0.165. The first-order chi connectivity index (χ1) is 9.24. The van der Waals surface area contributed by atoms with E-state index in [1.54, 1.807) is 0 Å².